The maximum absolute atomic E-state index is 9.02. The fraction of sp³-hybridized carbons (Fsp3) is 0.417. The molecule has 0 radical (unpaired) electrons. The number of hydrogen-bond donors (Lipinski definition) is 2. The van der Waals surface area contributed by atoms with E-state index in [0.29, 0.717) is 12.4 Å². The highest BCUT2D eigenvalue weighted by Crippen LogP contribution is 2.13. The molecule has 0 aromatic heterocycles. The first-order chi connectivity index (χ1) is 7.42. The molecule has 0 aliphatic heterocycles. The molecule has 1 rings (SSSR count). The lowest BCUT2D eigenvalue weighted by Gasteiger charge is -2.13. The van der Waals surface area contributed by atoms with Gasteiger partial charge in [0, 0.05) is 5.56 Å². The van der Waals surface area contributed by atoms with Crippen LogP contribution in [-0.2, 0) is 0 Å². The highest BCUT2D eigenvalue weighted by molar-refractivity contribution is 6.23. The Bertz CT molecular complexity index is 366. The summed E-state index contributed by atoms with van der Waals surface area (Å²) in [7, 11) is 0. The summed E-state index contributed by atoms with van der Waals surface area (Å²) in [5.41, 5.74) is 4.11. The van der Waals surface area contributed by atoms with Crippen LogP contribution in [-0.4, -0.2) is 22.5 Å². The van der Waals surface area contributed by atoms with Gasteiger partial charge in [-0.15, -0.1) is 11.6 Å². The molecule has 0 amide bonds. The standard InChI is InChI=1S/C12H17ClN2O/c1-9-4-6-10(7-5-9)11(15-16)14-8-12(2,3)13/h4-7,16H,8H2,1-3H3,(H,14,15). The van der Waals surface area contributed by atoms with Crippen LogP contribution in [0.3, 0.4) is 0 Å². The van der Waals surface area contributed by atoms with Crippen molar-refractivity contribution in [3.63, 3.8) is 0 Å². The van der Waals surface area contributed by atoms with E-state index in [0.717, 1.165) is 5.56 Å². The number of aliphatic imine (C=N–C) groups is 1. The summed E-state index contributed by atoms with van der Waals surface area (Å²) in [5.74, 6) is 0.439. The molecule has 0 aliphatic rings. The van der Waals surface area contributed by atoms with Gasteiger partial charge in [-0.25, -0.2) is 0 Å². The Morgan fingerprint density at radius 3 is 2.38 bits per heavy atom. The number of rotatable bonds is 3. The van der Waals surface area contributed by atoms with Gasteiger partial charge in [0.15, 0.2) is 5.84 Å². The van der Waals surface area contributed by atoms with Crippen molar-refractivity contribution in [2.24, 2.45) is 4.99 Å². The Hall–Kier alpha value is -1.06. The van der Waals surface area contributed by atoms with Crippen molar-refractivity contribution in [1.29, 1.82) is 0 Å². The van der Waals surface area contributed by atoms with Crippen LogP contribution in [0, 0.1) is 6.92 Å². The van der Waals surface area contributed by atoms with E-state index in [1.165, 1.54) is 5.56 Å². The Kier molecular flexibility index (Phi) is 4.33. The van der Waals surface area contributed by atoms with Crippen molar-refractivity contribution >= 4 is 17.4 Å². The van der Waals surface area contributed by atoms with Crippen LogP contribution in [0.2, 0.25) is 0 Å². The number of hydrogen-bond acceptors (Lipinski definition) is 2. The van der Waals surface area contributed by atoms with Crippen LogP contribution in [0.25, 0.3) is 0 Å². The van der Waals surface area contributed by atoms with Gasteiger partial charge in [0.05, 0.1) is 11.4 Å². The van der Waals surface area contributed by atoms with E-state index in [9.17, 15) is 0 Å². The zero-order valence-corrected chi connectivity index (χ0v) is 10.5. The lowest BCUT2D eigenvalue weighted by atomic mass is 10.1. The average Bonchev–Trinajstić information content (AvgIpc) is 2.20. The first kappa shape index (κ1) is 13.0. The molecule has 1 aromatic rings. The SMILES string of the molecule is Cc1ccc(C(=NCC(C)(C)Cl)NO)cc1. The molecule has 2 N–H and O–H groups in total. The summed E-state index contributed by atoms with van der Waals surface area (Å²) in [4.78, 5) is 3.83. The van der Waals surface area contributed by atoms with Crippen LogP contribution in [0.15, 0.2) is 29.3 Å². The van der Waals surface area contributed by atoms with Crippen molar-refractivity contribution < 1.29 is 5.21 Å². The van der Waals surface area contributed by atoms with E-state index in [-0.39, 0.29) is 0 Å². The zero-order valence-electron chi connectivity index (χ0n) is 9.79. The molecule has 4 heteroatoms. The van der Waals surface area contributed by atoms with Crippen molar-refractivity contribution in [1.82, 2.24) is 5.48 Å². The van der Waals surface area contributed by atoms with Crippen molar-refractivity contribution in [2.45, 2.75) is 25.6 Å². The van der Waals surface area contributed by atoms with E-state index in [2.05, 4.69) is 10.5 Å². The third-order valence-electron chi connectivity index (χ3n) is 2.04. The Morgan fingerprint density at radius 2 is 1.94 bits per heavy atom. The first-order valence-electron chi connectivity index (χ1n) is 5.13. The van der Waals surface area contributed by atoms with Crippen molar-refractivity contribution in [3.8, 4) is 0 Å². The summed E-state index contributed by atoms with van der Waals surface area (Å²) in [5, 5.41) is 9.02. The molecule has 0 unspecified atom stereocenters. The number of nitrogens with one attached hydrogen (secondary N) is 1. The molecule has 0 fully saturated rings. The molecule has 1 aromatic carbocycles. The molecule has 0 spiro atoms. The molecule has 3 nitrogen and oxygen atoms in total. The number of nitrogens with zero attached hydrogens (tertiary/aromatic N) is 1. The number of hydroxylamine groups is 1. The van der Waals surface area contributed by atoms with E-state index in [1.807, 2.05) is 45.0 Å². The van der Waals surface area contributed by atoms with E-state index in [1.54, 1.807) is 0 Å². The third-order valence-corrected chi connectivity index (χ3v) is 2.16. The number of aryl methyl sites for hydroxylation is 1. The third kappa shape index (κ3) is 4.21. The summed E-state index contributed by atoms with van der Waals surface area (Å²) in [6, 6.07) is 7.74. The van der Waals surface area contributed by atoms with Crippen LogP contribution in [0.4, 0.5) is 0 Å². The van der Waals surface area contributed by atoms with Crippen LogP contribution >= 0.6 is 11.6 Å². The fourth-order valence-corrected chi connectivity index (χ4v) is 1.23. The molecule has 0 atom stereocenters. The molecule has 0 bridgehead atoms. The van der Waals surface area contributed by atoms with Crippen LogP contribution in [0.1, 0.15) is 25.0 Å². The molecule has 0 aliphatic carbocycles. The topological polar surface area (TPSA) is 44.6 Å². The van der Waals surface area contributed by atoms with Crippen molar-refractivity contribution in [2.75, 3.05) is 6.54 Å². The minimum Gasteiger partial charge on any atom is -0.290 e. The highest BCUT2D eigenvalue weighted by atomic mass is 35.5. The van der Waals surface area contributed by atoms with Gasteiger partial charge < -0.3 is 0 Å². The summed E-state index contributed by atoms with van der Waals surface area (Å²) in [6.45, 7) is 6.20. The second-order valence-corrected chi connectivity index (χ2v) is 5.38. The normalized spacial score (nSPS) is 12.7. The van der Waals surface area contributed by atoms with Gasteiger partial charge >= 0.3 is 0 Å². The molecule has 88 valence electrons. The summed E-state index contributed by atoms with van der Waals surface area (Å²) >= 11 is 6.03. The maximum atomic E-state index is 9.02. The van der Waals surface area contributed by atoms with E-state index < -0.39 is 4.87 Å². The van der Waals surface area contributed by atoms with E-state index >= 15 is 0 Å². The fourth-order valence-electron chi connectivity index (χ4n) is 1.17. The predicted octanol–water partition coefficient (Wildman–Crippen LogP) is 2.74. The molecule has 16 heavy (non-hydrogen) atoms. The van der Waals surface area contributed by atoms with Crippen molar-refractivity contribution in [3.05, 3.63) is 35.4 Å². The lowest BCUT2D eigenvalue weighted by Crippen LogP contribution is -2.24. The Morgan fingerprint density at radius 1 is 1.38 bits per heavy atom. The molecule has 0 saturated heterocycles. The molecule has 0 heterocycles. The van der Waals surface area contributed by atoms with Gasteiger partial charge in [-0.2, -0.15) is 0 Å². The smallest absolute Gasteiger partial charge is 0.152 e. The van der Waals surface area contributed by atoms with Gasteiger partial charge in [-0.3, -0.25) is 15.7 Å². The number of alkyl halides is 1. The predicted molar refractivity (Wildman–Crippen MR) is 67.4 cm³/mol. The Labute approximate surface area is 101 Å². The minimum absolute atomic E-state index is 0.410. The molecule has 0 saturated carbocycles. The molecular weight excluding hydrogens is 224 g/mol. The van der Waals surface area contributed by atoms with Gasteiger partial charge in [-0.1, -0.05) is 29.8 Å². The van der Waals surface area contributed by atoms with Gasteiger partial charge in [-0.05, 0) is 20.8 Å². The van der Waals surface area contributed by atoms with Crippen LogP contribution < -0.4 is 5.48 Å². The molecular formula is C12H17ClN2O. The second kappa shape index (κ2) is 5.32. The second-order valence-electron chi connectivity index (χ2n) is 4.36. The first-order valence-corrected chi connectivity index (χ1v) is 5.51. The lowest BCUT2D eigenvalue weighted by molar-refractivity contribution is 0.234. The average molecular weight is 241 g/mol. The van der Waals surface area contributed by atoms with E-state index in [4.69, 9.17) is 16.8 Å². The zero-order chi connectivity index (χ0) is 12.2. The highest BCUT2D eigenvalue weighted by Gasteiger charge is 2.12. The van der Waals surface area contributed by atoms with Gasteiger partial charge in [0.2, 0.25) is 0 Å². The quantitative estimate of drug-likeness (QED) is 0.369. The minimum atomic E-state index is -0.410. The Balaban J connectivity index is 2.86. The largest absolute Gasteiger partial charge is 0.290 e. The number of benzene rings is 1. The maximum Gasteiger partial charge on any atom is 0.152 e. The van der Waals surface area contributed by atoms with Gasteiger partial charge in [0.25, 0.3) is 0 Å². The summed E-state index contributed by atoms with van der Waals surface area (Å²) in [6.07, 6.45) is 0. The number of halogens is 1. The number of amidine groups is 1. The summed E-state index contributed by atoms with van der Waals surface area (Å²) < 4.78 is 0. The van der Waals surface area contributed by atoms with Crippen LogP contribution in [0.5, 0.6) is 0 Å². The monoisotopic (exact) mass is 240 g/mol. The van der Waals surface area contributed by atoms with Gasteiger partial charge in [0.1, 0.15) is 0 Å².